The van der Waals surface area contributed by atoms with Crippen LogP contribution in [0, 0.1) is 0 Å². The summed E-state index contributed by atoms with van der Waals surface area (Å²) in [5.41, 5.74) is 0.107. The number of carbonyl (C=O) groups is 3. The predicted octanol–water partition coefficient (Wildman–Crippen LogP) is 2.77. The highest BCUT2D eigenvalue weighted by Gasteiger charge is 2.52. The Morgan fingerprint density at radius 1 is 1.32 bits per heavy atom. The van der Waals surface area contributed by atoms with Crippen molar-refractivity contribution in [2.24, 2.45) is 0 Å². The molecule has 4 amide bonds. The zero-order valence-corrected chi connectivity index (χ0v) is 14.9. The first kappa shape index (κ1) is 17.7. The van der Waals surface area contributed by atoms with Crippen LogP contribution in [-0.4, -0.2) is 34.8 Å². The van der Waals surface area contributed by atoms with E-state index in [4.69, 9.17) is 11.6 Å². The lowest BCUT2D eigenvalue weighted by molar-refractivity contribution is -0.131. The molecule has 1 aliphatic heterocycles. The highest BCUT2D eigenvalue weighted by molar-refractivity contribution is 6.31. The van der Waals surface area contributed by atoms with Crippen molar-refractivity contribution in [3.05, 3.63) is 34.9 Å². The zero-order valence-electron chi connectivity index (χ0n) is 14.2. The summed E-state index contributed by atoms with van der Waals surface area (Å²) in [5, 5.41) is 6.26. The topological polar surface area (TPSA) is 78.5 Å². The fraction of sp³-hybridized carbons (Fsp3) is 0.500. The number of carbonyl (C=O) groups excluding carboxylic acids is 3. The van der Waals surface area contributed by atoms with Crippen LogP contribution in [0.3, 0.4) is 0 Å². The van der Waals surface area contributed by atoms with E-state index < -0.39 is 5.54 Å². The van der Waals surface area contributed by atoms with Crippen molar-refractivity contribution in [1.29, 1.82) is 0 Å². The first-order valence-corrected chi connectivity index (χ1v) is 8.99. The quantitative estimate of drug-likeness (QED) is 0.789. The maximum absolute atomic E-state index is 12.5. The number of nitrogens with one attached hydrogen (secondary N) is 2. The molecule has 2 fully saturated rings. The van der Waals surface area contributed by atoms with Crippen LogP contribution in [-0.2, 0) is 9.59 Å². The Balaban J connectivity index is 1.55. The smallest absolute Gasteiger partial charge is 0.325 e. The van der Waals surface area contributed by atoms with Crippen molar-refractivity contribution in [3.8, 4) is 0 Å². The molecule has 2 N–H and O–H groups in total. The molecule has 1 saturated heterocycles. The number of rotatable bonds is 5. The molecule has 6 nitrogen and oxygen atoms in total. The number of hydrogen-bond acceptors (Lipinski definition) is 3. The number of imide groups is 1. The molecule has 0 bridgehead atoms. The van der Waals surface area contributed by atoms with Gasteiger partial charge in [-0.25, -0.2) is 4.79 Å². The van der Waals surface area contributed by atoms with Crippen molar-refractivity contribution in [1.82, 2.24) is 15.5 Å². The summed E-state index contributed by atoms with van der Waals surface area (Å²) in [6.45, 7) is 1.94. The van der Waals surface area contributed by atoms with E-state index in [1.165, 1.54) is 4.90 Å². The van der Waals surface area contributed by atoms with Crippen molar-refractivity contribution in [3.63, 3.8) is 0 Å². The number of hydrogen-bond donors (Lipinski definition) is 2. The second kappa shape index (κ2) is 7.04. The number of urea groups is 1. The molecule has 1 aliphatic carbocycles. The molecule has 0 radical (unpaired) electrons. The monoisotopic (exact) mass is 363 g/mol. The van der Waals surface area contributed by atoms with Crippen LogP contribution in [0.1, 0.15) is 50.6 Å². The average molecular weight is 364 g/mol. The summed E-state index contributed by atoms with van der Waals surface area (Å²) in [6, 6.07) is 6.68. The van der Waals surface area contributed by atoms with Crippen molar-refractivity contribution >= 4 is 29.4 Å². The molecule has 0 aromatic heterocycles. The van der Waals surface area contributed by atoms with E-state index in [0.717, 1.165) is 18.4 Å². The fourth-order valence-electron chi connectivity index (χ4n) is 3.63. The minimum absolute atomic E-state index is 0.0734. The Kier molecular flexibility index (Phi) is 4.99. The van der Waals surface area contributed by atoms with Crippen LogP contribution in [0.5, 0.6) is 0 Å². The zero-order chi connectivity index (χ0) is 18.0. The SMILES string of the molecule is CC(NC(=O)CCN1C(=O)NC2(CCCC2)C1=O)c1ccccc1Cl. The van der Waals surface area contributed by atoms with E-state index in [1.807, 2.05) is 25.1 Å². The molecular formula is C18H22ClN3O3. The van der Waals surface area contributed by atoms with Crippen LogP contribution in [0.2, 0.25) is 5.02 Å². The summed E-state index contributed by atoms with van der Waals surface area (Å²) < 4.78 is 0. The lowest BCUT2D eigenvalue weighted by Crippen LogP contribution is -2.44. The van der Waals surface area contributed by atoms with Gasteiger partial charge in [0.25, 0.3) is 5.91 Å². The van der Waals surface area contributed by atoms with E-state index in [2.05, 4.69) is 10.6 Å². The summed E-state index contributed by atoms with van der Waals surface area (Å²) in [6.07, 6.45) is 3.32. The number of benzene rings is 1. The van der Waals surface area contributed by atoms with Gasteiger partial charge in [0.2, 0.25) is 5.91 Å². The Labute approximate surface area is 151 Å². The van der Waals surface area contributed by atoms with Gasteiger partial charge in [0.05, 0.1) is 6.04 Å². The molecule has 2 aliphatic rings. The number of halogens is 1. The average Bonchev–Trinajstić information content (AvgIpc) is 3.12. The van der Waals surface area contributed by atoms with Gasteiger partial charge in [-0.2, -0.15) is 0 Å². The van der Waals surface area contributed by atoms with Gasteiger partial charge >= 0.3 is 6.03 Å². The molecule has 3 rings (SSSR count). The third kappa shape index (κ3) is 3.49. The van der Waals surface area contributed by atoms with Crippen molar-refractivity contribution in [2.75, 3.05) is 6.54 Å². The lowest BCUT2D eigenvalue weighted by Gasteiger charge is -2.20. The summed E-state index contributed by atoms with van der Waals surface area (Å²) >= 11 is 6.13. The molecule has 134 valence electrons. The van der Waals surface area contributed by atoms with E-state index >= 15 is 0 Å². The minimum atomic E-state index is -0.724. The van der Waals surface area contributed by atoms with Gasteiger partial charge in [0.1, 0.15) is 5.54 Å². The van der Waals surface area contributed by atoms with Crippen LogP contribution in [0.4, 0.5) is 4.79 Å². The van der Waals surface area contributed by atoms with Crippen molar-refractivity contribution < 1.29 is 14.4 Å². The largest absolute Gasteiger partial charge is 0.349 e. The van der Waals surface area contributed by atoms with E-state index in [-0.39, 0.29) is 36.9 Å². The Morgan fingerprint density at radius 2 is 2.00 bits per heavy atom. The molecule has 7 heteroatoms. The summed E-state index contributed by atoms with van der Waals surface area (Å²) in [7, 11) is 0. The van der Waals surface area contributed by atoms with Gasteiger partial charge in [-0.15, -0.1) is 0 Å². The van der Waals surface area contributed by atoms with Crippen LogP contribution >= 0.6 is 11.6 Å². The first-order chi connectivity index (χ1) is 11.9. The van der Waals surface area contributed by atoms with E-state index in [9.17, 15) is 14.4 Å². The van der Waals surface area contributed by atoms with Gasteiger partial charge in [0, 0.05) is 18.0 Å². The summed E-state index contributed by atoms with van der Waals surface area (Å²) in [5.74, 6) is -0.414. The molecule has 1 spiro atoms. The molecular weight excluding hydrogens is 342 g/mol. The maximum Gasteiger partial charge on any atom is 0.325 e. The summed E-state index contributed by atoms with van der Waals surface area (Å²) in [4.78, 5) is 38.0. The van der Waals surface area contributed by atoms with Gasteiger partial charge in [-0.3, -0.25) is 14.5 Å². The molecule has 1 heterocycles. The van der Waals surface area contributed by atoms with Gasteiger partial charge in [-0.05, 0) is 31.4 Å². The highest BCUT2D eigenvalue weighted by atomic mass is 35.5. The highest BCUT2D eigenvalue weighted by Crippen LogP contribution is 2.35. The second-order valence-corrected chi connectivity index (χ2v) is 7.14. The molecule has 1 aromatic carbocycles. The number of amides is 4. The van der Waals surface area contributed by atoms with E-state index in [1.54, 1.807) is 6.07 Å². The fourth-order valence-corrected chi connectivity index (χ4v) is 3.93. The normalized spacial score (nSPS) is 20.0. The Hall–Kier alpha value is -2.08. The second-order valence-electron chi connectivity index (χ2n) is 6.74. The molecule has 25 heavy (non-hydrogen) atoms. The minimum Gasteiger partial charge on any atom is -0.349 e. The van der Waals surface area contributed by atoms with Crippen LogP contribution in [0.15, 0.2) is 24.3 Å². The lowest BCUT2D eigenvalue weighted by atomic mass is 9.98. The third-order valence-corrected chi connectivity index (χ3v) is 5.36. The van der Waals surface area contributed by atoms with Crippen molar-refractivity contribution in [2.45, 2.75) is 50.6 Å². The predicted molar refractivity (Wildman–Crippen MR) is 94.1 cm³/mol. The number of nitrogens with zero attached hydrogens (tertiary/aromatic N) is 1. The van der Waals surface area contributed by atoms with Crippen LogP contribution < -0.4 is 10.6 Å². The van der Waals surface area contributed by atoms with Crippen LogP contribution in [0.25, 0.3) is 0 Å². The third-order valence-electron chi connectivity index (χ3n) is 5.01. The molecule has 1 aromatic rings. The molecule has 1 atom stereocenters. The molecule has 1 unspecified atom stereocenters. The Bertz CT molecular complexity index is 701. The standard InChI is InChI=1S/C18H22ClN3O3/c1-12(13-6-2-3-7-14(13)19)20-15(23)8-11-22-16(24)18(21-17(22)25)9-4-5-10-18/h2-3,6-7,12H,4-5,8-11H2,1H3,(H,20,23)(H,21,25). The van der Waals surface area contributed by atoms with Gasteiger partial charge in [-0.1, -0.05) is 42.6 Å². The van der Waals surface area contributed by atoms with Gasteiger partial charge in [0.15, 0.2) is 0 Å². The van der Waals surface area contributed by atoms with E-state index in [0.29, 0.717) is 17.9 Å². The first-order valence-electron chi connectivity index (χ1n) is 8.61. The van der Waals surface area contributed by atoms with Gasteiger partial charge < -0.3 is 10.6 Å². The molecule has 1 saturated carbocycles. The Morgan fingerprint density at radius 3 is 2.68 bits per heavy atom. The maximum atomic E-state index is 12.5.